The van der Waals surface area contributed by atoms with Crippen molar-refractivity contribution in [2.75, 3.05) is 20.8 Å². The molecule has 112 valence electrons. The molecule has 6 heteroatoms. The van der Waals surface area contributed by atoms with E-state index < -0.39 is 0 Å². The Morgan fingerprint density at radius 3 is 2.86 bits per heavy atom. The molecule has 6 nitrogen and oxygen atoms in total. The second-order valence-electron chi connectivity index (χ2n) is 4.81. The minimum Gasteiger partial charge on any atom is -0.496 e. The first-order chi connectivity index (χ1) is 10.1. The summed E-state index contributed by atoms with van der Waals surface area (Å²) in [5.41, 5.74) is 1.83. The molecular formula is C15H19N3O3. The number of para-hydroxylation sites is 1. The van der Waals surface area contributed by atoms with Crippen LogP contribution in [0.25, 0.3) is 11.3 Å². The van der Waals surface area contributed by atoms with Gasteiger partial charge >= 0.3 is 0 Å². The normalized spacial score (nSPS) is 12.0. The number of benzene rings is 1. The Hall–Kier alpha value is -2.34. The second kappa shape index (κ2) is 6.41. The minimum absolute atomic E-state index is 0.0876. The van der Waals surface area contributed by atoms with Crippen LogP contribution in [0.3, 0.4) is 0 Å². The Balaban J connectivity index is 2.28. The number of aromatic nitrogens is 2. The summed E-state index contributed by atoms with van der Waals surface area (Å²) in [6.07, 6.45) is 0. The van der Waals surface area contributed by atoms with Crippen molar-refractivity contribution in [2.24, 2.45) is 0 Å². The van der Waals surface area contributed by atoms with E-state index in [1.165, 1.54) is 4.90 Å². The maximum atomic E-state index is 12.3. The largest absolute Gasteiger partial charge is 0.496 e. The number of likely N-dealkylation sites (N-methyl/N-ethyl adjacent to an activating group) is 1. The molecule has 2 rings (SSSR count). The Labute approximate surface area is 123 Å². The predicted molar refractivity (Wildman–Crippen MR) is 79.2 cm³/mol. The van der Waals surface area contributed by atoms with E-state index in [0.29, 0.717) is 17.1 Å². The maximum Gasteiger partial charge on any atom is 0.271 e. The first-order valence-electron chi connectivity index (χ1n) is 6.65. The molecule has 1 amide bonds. The molecule has 1 atom stereocenters. The number of hydrogen-bond acceptors (Lipinski definition) is 4. The lowest BCUT2D eigenvalue weighted by Gasteiger charge is -2.22. The van der Waals surface area contributed by atoms with Crippen molar-refractivity contribution in [1.29, 1.82) is 0 Å². The zero-order valence-electron chi connectivity index (χ0n) is 12.3. The molecule has 0 radical (unpaired) electrons. The molecule has 0 saturated heterocycles. The number of aliphatic hydroxyl groups excluding tert-OH is 1. The highest BCUT2D eigenvalue weighted by Gasteiger charge is 2.20. The van der Waals surface area contributed by atoms with Gasteiger partial charge in [-0.1, -0.05) is 12.1 Å². The number of aliphatic hydroxyl groups is 1. The number of methoxy groups -OCH3 is 1. The Bertz CT molecular complexity index is 624. The van der Waals surface area contributed by atoms with Crippen LogP contribution in [0.2, 0.25) is 0 Å². The first-order valence-corrected chi connectivity index (χ1v) is 6.65. The van der Waals surface area contributed by atoms with Crippen molar-refractivity contribution in [3.05, 3.63) is 36.0 Å². The van der Waals surface area contributed by atoms with Crippen LogP contribution in [0, 0.1) is 0 Å². The van der Waals surface area contributed by atoms with Crippen molar-refractivity contribution >= 4 is 5.91 Å². The van der Waals surface area contributed by atoms with Crippen LogP contribution in [-0.4, -0.2) is 52.9 Å². The fourth-order valence-electron chi connectivity index (χ4n) is 1.94. The van der Waals surface area contributed by atoms with Crippen molar-refractivity contribution < 1.29 is 14.6 Å². The Kier molecular flexibility index (Phi) is 4.59. The third-order valence-corrected chi connectivity index (χ3v) is 3.44. The van der Waals surface area contributed by atoms with E-state index in [1.54, 1.807) is 27.1 Å². The Morgan fingerprint density at radius 1 is 1.48 bits per heavy atom. The molecule has 0 spiro atoms. The molecule has 0 aliphatic carbocycles. The van der Waals surface area contributed by atoms with Gasteiger partial charge in [0.15, 0.2) is 0 Å². The molecule has 1 heterocycles. The lowest BCUT2D eigenvalue weighted by molar-refractivity contribution is 0.0676. The highest BCUT2D eigenvalue weighted by atomic mass is 16.5. The monoisotopic (exact) mass is 289 g/mol. The third-order valence-electron chi connectivity index (χ3n) is 3.44. The molecule has 0 bridgehead atoms. The van der Waals surface area contributed by atoms with Gasteiger partial charge in [0.05, 0.1) is 25.5 Å². The third kappa shape index (κ3) is 3.05. The average molecular weight is 289 g/mol. The van der Waals surface area contributed by atoms with Crippen LogP contribution in [0.1, 0.15) is 17.4 Å². The fourth-order valence-corrected chi connectivity index (χ4v) is 1.94. The minimum atomic E-state index is -0.254. The summed E-state index contributed by atoms with van der Waals surface area (Å²) >= 11 is 0. The van der Waals surface area contributed by atoms with Gasteiger partial charge in [0.25, 0.3) is 5.91 Å². The number of ether oxygens (including phenoxy) is 1. The summed E-state index contributed by atoms with van der Waals surface area (Å²) in [7, 11) is 3.24. The number of aromatic amines is 1. The summed E-state index contributed by atoms with van der Waals surface area (Å²) in [6, 6.07) is 8.90. The van der Waals surface area contributed by atoms with E-state index in [9.17, 15) is 4.79 Å². The second-order valence-corrected chi connectivity index (χ2v) is 4.81. The number of hydrogen-bond donors (Lipinski definition) is 2. The van der Waals surface area contributed by atoms with E-state index in [4.69, 9.17) is 9.84 Å². The zero-order chi connectivity index (χ0) is 15.4. The number of carbonyl (C=O) groups is 1. The molecule has 1 aromatic heterocycles. The van der Waals surface area contributed by atoms with Crippen molar-refractivity contribution in [2.45, 2.75) is 13.0 Å². The molecule has 21 heavy (non-hydrogen) atoms. The van der Waals surface area contributed by atoms with Crippen LogP contribution in [0.4, 0.5) is 0 Å². The molecule has 1 unspecified atom stereocenters. The van der Waals surface area contributed by atoms with Gasteiger partial charge < -0.3 is 14.7 Å². The zero-order valence-corrected chi connectivity index (χ0v) is 12.3. The quantitative estimate of drug-likeness (QED) is 0.875. The van der Waals surface area contributed by atoms with Gasteiger partial charge in [-0.3, -0.25) is 9.89 Å². The van der Waals surface area contributed by atoms with Gasteiger partial charge in [-0.05, 0) is 25.1 Å². The van der Waals surface area contributed by atoms with Gasteiger partial charge in [0.1, 0.15) is 11.4 Å². The lowest BCUT2D eigenvalue weighted by Crippen LogP contribution is -2.37. The number of amides is 1. The topological polar surface area (TPSA) is 78.5 Å². The number of nitrogens with zero attached hydrogens (tertiary/aromatic N) is 2. The van der Waals surface area contributed by atoms with E-state index in [2.05, 4.69) is 10.2 Å². The standard InChI is InChI=1S/C15H19N3O3/c1-10(9-19)18(2)15(20)13-8-12(16-17-13)11-6-4-5-7-14(11)21-3/h4-8,10,19H,9H2,1-3H3,(H,16,17). The van der Waals surface area contributed by atoms with Crippen LogP contribution in [-0.2, 0) is 0 Å². The van der Waals surface area contributed by atoms with E-state index >= 15 is 0 Å². The van der Waals surface area contributed by atoms with Crippen LogP contribution >= 0.6 is 0 Å². The van der Waals surface area contributed by atoms with E-state index in [0.717, 1.165) is 5.56 Å². The predicted octanol–water partition coefficient (Wildman–Crippen LogP) is 1.54. The number of carbonyl (C=O) groups excluding carboxylic acids is 1. The molecule has 0 aliphatic rings. The van der Waals surface area contributed by atoms with E-state index in [1.807, 2.05) is 24.3 Å². The number of nitrogens with one attached hydrogen (secondary N) is 1. The first kappa shape index (κ1) is 15.1. The SMILES string of the molecule is COc1ccccc1-c1cc(C(=O)N(C)C(C)CO)[nH]n1. The van der Waals surface area contributed by atoms with E-state index in [-0.39, 0.29) is 18.6 Å². The molecule has 2 N–H and O–H groups in total. The van der Waals surface area contributed by atoms with Crippen molar-refractivity contribution in [3.63, 3.8) is 0 Å². The summed E-state index contributed by atoms with van der Waals surface area (Å²) in [4.78, 5) is 13.7. The van der Waals surface area contributed by atoms with Gasteiger partial charge in [-0.25, -0.2) is 0 Å². The molecule has 2 aromatic rings. The van der Waals surface area contributed by atoms with Crippen molar-refractivity contribution in [1.82, 2.24) is 15.1 Å². The summed E-state index contributed by atoms with van der Waals surface area (Å²) in [6.45, 7) is 1.69. The van der Waals surface area contributed by atoms with Gasteiger partial charge in [-0.15, -0.1) is 0 Å². The molecule has 0 fully saturated rings. The van der Waals surface area contributed by atoms with Crippen molar-refractivity contribution in [3.8, 4) is 17.0 Å². The average Bonchev–Trinajstić information content (AvgIpc) is 3.02. The van der Waals surface area contributed by atoms with Gasteiger partial charge in [0.2, 0.25) is 0 Å². The number of H-pyrrole nitrogens is 1. The maximum absolute atomic E-state index is 12.3. The Morgan fingerprint density at radius 2 is 2.19 bits per heavy atom. The van der Waals surface area contributed by atoms with Crippen LogP contribution in [0.5, 0.6) is 5.75 Å². The molecule has 0 aliphatic heterocycles. The fraction of sp³-hybridized carbons (Fsp3) is 0.333. The van der Waals surface area contributed by atoms with Gasteiger partial charge in [-0.2, -0.15) is 5.10 Å². The highest BCUT2D eigenvalue weighted by molar-refractivity contribution is 5.93. The lowest BCUT2D eigenvalue weighted by atomic mass is 10.1. The van der Waals surface area contributed by atoms with Crippen LogP contribution in [0.15, 0.2) is 30.3 Å². The summed E-state index contributed by atoms with van der Waals surface area (Å²) in [5.74, 6) is 0.477. The molecule has 1 aromatic carbocycles. The van der Waals surface area contributed by atoms with Gasteiger partial charge in [0, 0.05) is 12.6 Å². The summed E-state index contributed by atoms with van der Waals surface area (Å²) in [5, 5.41) is 16.0. The molecule has 0 saturated carbocycles. The number of rotatable bonds is 5. The summed E-state index contributed by atoms with van der Waals surface area (Å²) < 4.78 is 5.29. The highest BCUT2D eigenvalue weighted by Crippen LogP contribution is 2.28. The molecular weight excluding hydrogens is 270 g/mol. The smallest absolute Gasteiger partial charge is 0.271 e. The van der Waals surface area contributed by atoms with Crippen LogP contribution < -0.4 is 4.74 Å².